The van der Waals surface area contributed by atoms with E-state index in [-0.39, 0.29) is 17.4 Å². The second kappa shape index (κ2) is 10.9. The molecule has 2 atom stereocenters. The lowest BCUT2D eigenvalue weighted by Gasteiger charge is -2.31. The SMILES string of the molecule is CCCOc1cccc([C@H]2C(=C(O)c3ccc4c(c3)C[C@@H](C)O4)C(=O)C(=O)N2CCN2CCOCC2)c1. The molecule has 0 bridgehead atoms. The molecule has 3 heterocycles. The lowest BCUT2D eigenvalue weighted by molar-refractivity contribution is -0.140. The molecule has 8 nitrogen and oxygen atoms in total. The van der Waals surface area contributed by atoms with Gasteiger partial charge in [-0.05, 0) is 54.8 Å². The van der Waals surface area contributed by atoms with Gasteiger partial charge in [0, 0.05) is 38.2 Å². The number of morpholine rings is 1. The van der Waals surface area contributed by atoms with Gasteiger partial charge in [-0.1, -0.05) is 19.1 Å². The summed E-state index contributed by atoms with van der Waals surface area (Å²) in [5, 5.41) is 11.5. The van der Waals surface area contributed by atoms with Crippen LogP contribution in [0.4, 0.5) is 0 Å². The highest BCUT2D eigenvalue weighted by atomic mass is 16.5. The molecule has 2 aromatic rings. The van der Waals surface area contributed by atoms with E-state index in [0.29, 0.717) is 44.2 Å². The third-order valence-corrected chi connectivity index (χ3v) is 7.12. The van der Waals surface area contributed by atoms with Crippen molar-refractivity contribution in [3.8, 4) is 11.5 Å². The van der Waals surface area contributed by atoms with E-state index < -0.39 is 17.7 Å². The molecular weight excluding hydrogens is 472 g/mol. The number of Topliss-reactive ketones (excluding diaryl/α,β-unsaturated/α-hetero) is 1. The lowest BCUT2D eigenvalue weighted by Crippen LogP contribution is -2.42. The summed E-state index contributed by atoms with van der Waals surface area (Å²) < 4.78 is 17.1. The number of benzene rings is 2. The van der Waals surface area contributed by atoms with Crippen molar-refractivity contribution in [2.45, 2.75) is 38.8 Å². The number of likely N-dealkylation sites (tertiary alicyclic amines) is 1. The molecule has 5 rings (SSSR count). The van der Waals surface area contributed by atoms with Gasteiger partial charge >= 0.3 is 0 Å². The molecular formula is C29H34N2O6. The van der Waals surface area contributed by atoms with Gasteiger partial charge in [0.2, 0.25) is 0 Å². The molecule has 37 heavy (non-hydrogen) atoms. The van der Waals surface area contributed by atoms with Crippen LogP contribution >= 0.6 is 0 Å². The molecule has 2 fully saturated rings. The zero-order valence-electron chi connectivity index (χ0n) is 21.4. The zero-order chi connectivity index (χ0) is 25.9. The summed E-state index contributed by atoms with van der Waals surface area (Å²) >= 11 is 0. The normalized spacial score (nSPS) is 23.2. The first-order valence-electron chi connectivity index (χ1n) is 13.1. The number of ketones is 1. The Labute approximate surface area is 217 Å². The highest BCUT2D eigenvalue weighted by Crippen LogP contribution is 2.41. The van der Waals surface area contributed by atoms with Crippen molar-refractivity contribution in [3.63, 3.8) is 0 Å². The van der Waals surface area contributed by atoms with Crippen LogP contribution in [0.1, 0.15) is 43.0 Å². The average molecular weight is 507 g/mol. The van der Waals surface area contributed by atoms with E-state index in [9.17, 15) is 14.7 Å². The molecule has 0 spiro atoms. The molecule has 0 unspecified atom stereocenters. The van der Waals surface area contributed by atoms with Crippen LogP contribution in [0.25, 0.3) is 5.76 Å². The fourth-order valence-electron chi connectivity index (χ4n) is 5.25. The first kappa shape index (κ1) is 25.3. The van der Waals surface area contributed by atoms with Crippen molar-refractivity contribution in [2.75, 3.05) is 46.0 Å². The summed E-state index contributed by atoms with van der Waals surface area (Å²) in [6, 6.07) is 12.2. The van der Waals surface area contributed by atoms with E-state index >= 15 is 0 Å². The van der Waals surface area contributed by atoms with Crippen LogP contribution in [0.3, 0.4) is 0 Å². The second-order valence-corrected chi connectivity index (χ2v) is 9.82. The van der Waals surface area contributed by atoms with Crippen LogP contribution in [0.2, 0.25) is 0 Å². The third-order valence-electron chi connectivity index (χ3n) is 7.12. The van der Waals surface area contributed by atoms with Crippen LogP contribution in [-0.2, 0) is 20.7 Å². The van der Waals surface area contributed by atoms with Gasteiger partial charge < -0.3 is 24.2 Å². The average Bonchev–Trinajstić information content (AvgIpc) is 3.41. The number of fused-ring (bicyclic) bond motifs is 1. The number of rotatable bonds is 8. The van der Waals surface area contributed by atoms with Crippen LogP contribution in [-0.4, -0.2) is 78.7 Å². The topological polar surface area (TPSA) is 88.5 Å². The molecule has 0 radical (unpaired) electrons. The summed E-state index contributed by atoms with van der Waals surface area (Å²) in [7, 11) is 0. The number of nitrogens with zero attached hydrogens (tertiary/aromatic N) is 2. The van der Waals surface area contributed by atoms with E-state index in [1.165, 1.54) is 0 Å². The number of hydrogen-bond acceptors (Lipinski definition) is 7. The van der Waals surface area contributed by atoms with E-state index in [0.717, 1.165) is 42.8 Å². The monoisotopic (exact) mass is 506 g/mol. The smallest absolute Gasteiger partial charge is 0.295 e. The maximum absolute atomic E-state index is 13.4. The molecule has 2 saturated heterocycles. The Balaban J connectivity index is 1.53. The van der Waals surface area contributed by atoms with Gasteiger partial charge in [0.1, 0.15) is 23.4 Å². The van der Waals surface area contributed by atoms with Gasteiger partial charge in [0.15, 0.2) is 0 Å². The first-order valence-corrected chi connectivity index (χ1v) is 13.1. The molecule has 1 amide bonds. The van der Waals surface area contributed by atoms with Gasteiger partial charge in [-0.25, -0.2) is 0 Å². The van der Waals surface area contributed by atoms with E-state index in [1.54, 1.807) is 11.0 Å². The minimum Gasteiger partial charge on any atom is -0.507 e. The number of carbonyl (C=O) groups is 2. The largest absolute Gasteiger partial charge is 0.507 e. The lowest BCUT2D eigenvalue weighted by atomic mass is 9.94. The van der Waals surface area contributed by atoms with Crippen molar-refractivity contribution in [1.82, 2.24) is 9.80 Å². The summed E-state index contributed by atoms with van der Waals surface area (Å²) in [6.45, 7) is 8.44. The third kappa shape index (κ3) is 5.22. The standard InChI is InChI=1S/C29H34N2O6/c1-3-13-36-23-6-4-5-20(18-23)26-25(27(32)21-7-8-24-22(17-21)16-19(2)37-24)28(33)29(34)31(26)10-9-30-11-14-35-15-12-30/h4-8,17-19,26,32H,3,9-16H2,1-2H3/t19-,26+/m1/s1. The van der Waals surface area contributed by atoms with Crippen LogP contribution < -0.4 is 9.47 Å². The van der Waals surface area contributed by atoms with Crippen molar-refractivity contribution < 1.29 is 28.9 Å². The van der Waals surface area contributed by atoms with Crippen LogP contribution in [0, 0.1) is 0 Å². The summed E-state index contributed by atoms with van der Waals surface area (Å²) in [5.74, 6) is 0.0147. The molecule has 1 N–H and O–H groups in total. The van der Waals surface area contributed by atoms with Gasteiger partial charge in [-0.3, -0.25) is 14.5 Å². The summed E-state index contributed by atoms with van der Waals surface area (Å²) in [5.41, 5.74) is 2.32. The molecule has 3 aliphatic heterocycles. The molecule has 2 aromatic carbocycles. The maximum atomic E-state index is 13.4. The predicted octanol–water partition coefficient (Wildman–Crippen LogP) is 3.55. The molecule has 8 heteroatoms. The highest BCUT2D eigenvalue weighted by Gasteiger charge is 2.46. The fraction of sp³-hybridized carbons (Fsp3) is 0.448. The number of carbonyl (C=O) groups excluding carboxylic acids is 2. The number of amides is 1. The molecule has 0 aromatic heterocycles. The Hall–Kier alpha value is -3.36. The quantitative estimate of drug-likeness (QED) is 0.333. The van der Waals surface area contributed by atoms with Gasteiger partial charge in [-0.2, -0.15) is 0 Å². The number of hydrogen-bond donors (Lipinski definition) is 1. The number of ether oxygens (including phenoxy) is 3. The summed E-state index contributed by atoms with van der Waals surface area (Å²) in [4.78, 5) is 30.5. The van der Waals surface area contributed by atoms with E-state index in [4.69, 9.17) is 14.2 Å². The van der Waals surface area contributed by atoms with E-state index in [1.807, 2.05) is 50.2 Å². The van der Waals surface area contributed by atoms with Crippen LogP contribution in [0.5, 0.6) is 11.5 Å². The van der Waals surface area contributed by atoms with Gasteiger partial charge in [-0.15, -0.1) is 0 Å². The molecule has 0 aliphatic carbocycles. The summed E-state index contributed by atoms with van der Waals surface area (Å²) in [6.07, 6.45) is 1.65. The Morgan fingerprint density at radius 2 is 1.92 bits per heavy atom. The van der Waals surface area contributed by atoms with Crippen molar-refractivity contribution >= 4 is 17.4 Å². The minimum absolute atomic E-state index is 0.0593. The maximum Gasteiger partial charge on any atom is 0.295 e. The molecule has 196 valence electrons. The van der Waals surface area contributed by atoms with Gasteiger partial charge in [0.25, 0.3) is 11.7 Å². The highest BCUT2D eigenvalue weighted by molar-refractivity contribution is 6.46. The zero-order valence-corrected chi connectivity index (χ0v) is 21.4. The Kier molecular flexibility index (Phi) is 7.48. The Bertz CT molecular complexity index is 1200. The van der Waals surface area contributed by atoms with Crippen molar-refractivity contribution in [3.05, 3.63) is 64.7 Å². The molecule has 3 aliphatic rings. The van der Waals surface area contributed by atoms with Gasteiger partial charge in [0.05, 0.1) is 31.4 Å². The number of aliphatic hydroxyl groups excluding tert-OH is 1. The van der Waals surface area contributed by atoms with Crippen molar-refractivity contribution in [1.29, 1.82) is 0 Å². The Morgan fingerprint density at radius 1 is 1.11 bits per heavy atom. The minimum atomic E-state index is -0.713. The Morgan fingerprint density at radius 3 is 2.70 bits per heavy atom. The van der Waals surface area contributed by atoms with Crippen LogP contribution in [0.15, 0.2) is 48.0 Å². The van der Waals surface area contributed by atoms with E-state index in [2.05, 4.69) is 4.90 Å². The van der Waals surface area contributed by atoms with Crippen molar-refractivity contribution in [2.24, 2.45) is 0 Å². The fourth-order valence-corrected chi connectivity index (χ4v) is 5.25. The predicted molar refractivity (Wildman–Crippen MR) is 139 cm³/mol. The second-order valence-electron chi connectivity index (χ2n) is 9.82. The molecule has 0 saturated carbocycles. The first-order chi connectivity index (χ1) is 18.0. The number of aliphatic hydroxyl groups is 1.